The Morgan fingerprint density at radius 1 is 0.700 bits per heavy atom. The van der Waals surface area contributed by atoms with Crippen molar-refractivity contribution in [3.05, 3.63) is 95.7 Å². The third-order valence-corrected chi connectivity index (χ3v) is 6.59. The van der Waals surface area contributed by atoms with Gasteiger partial charge in [0.15, 0.2) is 0 Å². The van der Waals surface area contributed by atoms with Crippen molar-refractivity contribution in [2.24, 2.45) is 0 Å². The first-order valence-corrected chi connectivity index (χ1v) is 10.4. The molecule has 30 heavy (non-hydrogen) atoms. The van der Waals surface area contributed by atoms with E-state index in [1.807, 2.05) is 0 Å². The van der Waals surface area contributed by atoms with E-state index in [1.54, 1.807) is 0 Å². The fourth-order valence-electron chi connectivity index (χ4n) is 5.00. The summed E-state index contributed by atoms with van der Waals surface area (Å²) in [5, 5.41) is 2.35. The molecule has 0 saturated carbocycles. The van der Waals surface area contributed by atoms with Crippen molar-refractivity contribution in [3.63, 3.8) is 0 Å². The van der Waals surface area contributed by atoms with E-state index in [9.17, 15) is 0 Å². The van der Waals surface area contributed by atoms with Crippen LogP contribution in [0.4, 0.5) is 0 Å². The van der Waals surface area contributed by atoms with Crippen LogP contribution >= 0.6 is 0 Å². The maximum Gasteiger partial charge on any atom is 0.0968 e. The van der Waals surface area contributed by atoms with Gasteiger partial charge in [-0.25, -0.2) is 9.97 Å². The fourth-order valence-corrected chi connectivity index (χ4v) is 5.00. The highest BCUT2D eigenvalue weighted by Gasteiger charge is 2.35. The van der Waals surface area contributed by atoms with Crippen LogP contribution < -0.4 is 0 Å². The Bertz CT molecular complexity index is 1480. The van der Waals surface area contributed by atoms with Gasteiger partial charge < -0.3 is 0 Å². The van der Waals surface area contributed by atoms with Crippen LogP contribution in [0.5, 0.6) is 0 Å². The Kier molecular flexibility index (Phi) is 3.47. The molecule has 2 heteroatoms. The minimum absolute atomic E-state index is 0.0175. The summed E-state index contributed by atoms with van der Waals surface area (Å²) in [5.41, 5.74) is 10.4. The largest absolute Gasteiger partial charge is 0.249 e. The lowest BCUT2D eigenvalue weighted by atomic mass is 9.82. The molecule has 0 unspecified atom stereocenters. The maximum absolute atomic E-state index is 5.06. The van der Waals surface area contributed by atoms with Crippen LogP contribution in [-0.4, -0.2) is 9.97 Å². The zero-order chi connectivity index (χ0) is 20.5. The van der Waals surface area contributed by atoms with Gasteiger partial charge >= 0.3 is 0 Å². The van der Waals surface area contributed by atoms with E-state index in [2.05, 4.69) is 99.6 Å². The van der Waals surface area contributed by atoms with Gasteiger partial charge in [-0.15, -0.1) is 0 Å². The molecule has 1 aliphatic rings. The molecular weight excluding hydrogens is 364 g/mol. The minimum atomic E-state index is -0.0175. The van der Waals surface area contributed by atoms with E-state index < -0.39 is 0 Å². The molecule has 0 aliphatic heterocycles. The van der Waals surface area contributed by atoms with Crippen LogP contribution in [0.2, 0.25) is 0 Å². The van der Waals surface area contributed by atoms with Gasteiger partial charge in [0.1, 0.15) is 0 Å². The maximum atomic E-state index is 5.06. The number of fused-ring (bicyclic) bond motifs is 6. The lowest BCUT2D eigenvalue weighted by molar-refractivity contribution is 0.660. The molecule has 4 aromatic carbocycles. The first kappa shape index (κ1) is 17.3. The molecule has 0 saturated heterocycles. The van der Waals surface area contributed by atoms with Gasteiger partial charge in [0, 0.05) is 16.4 Å². The van der Waals surface area contributed by atoms with E-state index in [1.165, 1.54) is 27.6 Å². The second-order valence-corrected chi connectivity index (χ2v) is 8.74. The van der Waals surface area contributed by atoms with E-state index >= 15 is 0 Å². The van der Waals surface area contributed by atoms with Gasteiger partial charge in [-0.05, 0) is 46.7 Å². The zero-order valence-corrected chi connectivity index (χ0v) is 17.4. The quantitative estimate of drug-likeness (QED) is 0.288. The first-order valence-electron chi connectivity index (χ1n) is 10.4. The summed E-state index contributed by atoms with van der Waals surface area (Å²) in [7, 11) is 0. The molecule has 0 bridgehead atoms. The highest BCUT2D eigenvalue weighted by atomic mass is 14.8. The molecule has 0 spiro atoms. The predicted molar refractivity (Wildman–Crippen MR) is 125 cm³/mol. The number of aromatic nitrogens is 2. The Labute approximate surface area is 176 Å². The van der Waals surface area contributed by atoms with Crippen molar-refractivity contribution in [2.45, 2.75) is 26.2 Å². The third kappa shape index (κ3) is 2.31. The second-order valence-electron chi connectivity index (χ2n) is 8.74. The lowest BCUT2D eigenvalue weighted by Gasteiger charge is -2.22. The van der Waals surface area contributed by atoms with Crippen LogP contribution in [0.25, 0.3) is 44.2 Å². The Morgan fingerprint density at radius 2 is 1.47 bits per heavy atom. The molecule has 0 N–H and O–H groups in total. The van der Waals surface area contributed by atoms with Crippen molar-refractivity contribution in [3.8, 4) is 22.4 Å². The third-order valence-electron chi connectivity index (χ3n) is 6.59. The monoisotopic (exact) mass is 386 g/mol. The van der Waals surface area contributed by atoms with Gasteiger partial charge in [-0.1, -0.05) is 80.6 Å². The second kappa shape index (κ2) is 5.99. The molecule has 6 rings (SSSR count). The molecular formula is C28H22N2. The Hall–Kier alpha value is -3.52. The number of rotatable bonds is 1. The lowest BCUT2D eigenvalue weighted by Crippen LogP contribution is -2.15. The molecule has 2 nitrogen and oxygen atoms in total. The minimum Gasteiger partial charge on any atom is -0.249 e. The van der Waals surface area contributed by atoms with E-state index in [0.717, 1.165) is 33.4 Å². The number of aryl methyl sites for hydroxylation is 1. The number of nitrogens with zero attached hydrogens (tertiary/aromatic N) is 2. The summed E-state index contributed by atoms with van der Waals surface area (Å²) in [6.45, 7) is 6.69. The van der Waals surface area contributed by atoms with Crippen LogP contribution in [0.3, 0.4) is 0 Å². The SMILES string of the molecule is Cc1nc2c(ccc3ccccc32)nc1-c1ccc2c(c1)C(C)(C)c1ccccc1-2. The molecule has 0 amide bonds. The zero-order valence-electron chi connectivity index (χ0n) is 17.4. The Balaban J connectivity index is 1.56. The van der Waals surface area contributed by atoms with E-state index in [-0.39, 0.29) is 5.41 Å². The number of benzene rings is 4. The summed E-state index contributed by atoms with van der Waals surface area (Å²) >= 11 is 0. The molecule has 0 fully saturated rings. The average Bonchev–Trinajstić information content (AvgIpc) is 3.00. The topological polar surface area (TPSA) is 25.8 Å². The molecule has 0 radical (unpaired) electrons. The van der Waals surface area contributed by atoms with Gasteiger partial charge in [0.2, 0.25) is 0 Å². The number of hydrogen-bond acceptors (Lipinski definition) is 2. The van der Waals surface area contributed by atoms with Crippen molar-refractivity contribution < 1.29 is 0 Å². The smallest absolute Gasteiger partial charge is 0.0968 e. The molecule has 0 atom stereocenters. The Morgan fingerprint density at radius 3 is 2.37 bits per heavy atom. The van der Waals surface area contributed by atoms with Crippen molar-refractivity contribution in [2.75, 3.05) is 0 Å². The molecule has 144 valence electrons. The molecule has 1 heterocycles. The highest BCUT2D eigenvalue weighted by molar-refractivity contribution is 6.04. The fraction of sp³-hybridized carbons (Fsp3) is 0.143. The van der Waals surface area contributed by atoms with Crippen LogP contribution in [0.1, 0.15) is 30.7 Å². The predicted octanol–water partition coefficient (Wildman–Crippen LogP) is 7.06. The van der Waals surface area contributed by atoms with Crippen LogP contribution in [0, 0.1) is 6.92 Å². The van der Waals surface area contributed by atoms with Crippen LogP contribution in [0.15, 0.2) is 78.9 Å². The van der Waals surface area contributed by atoms with E-state index in [4.69, 9.17) is 9.97 Å². The molecule has 5 aromatic rings. The summed E-state index contributed by atoms with van der Waals surface area (Å²) in [6, 6.07) is 28.1. The normalized spacial score (nSPS) is 14.1. The van der Waals surface area contributed by atoms with Gasteiger partial charge in [-0.3, -0.25) is 0 Å². The molecule has 1 aliphatic carbocycles. The van der Waals surface area contributed by atoms with Gasteiger partial charge in [0.05, 0.1) is 22.4 Å². The first-order chi connectivity index (χ1) is 14.5. The van der Waals surface area contributed by atoms with Gasteiger partial charge in [-0.2, -0.15) is 0 Å². The summed E-state index contributed by atoms with van der Waals surface area (Å²) < 4.78 is 0. The van der Waals surface area contributed by atoms with Crippen molar-refractivity contribution in [1.29, 1.82) is 0 Å². The standard InChI is InChI=1S/C28H22N2/c1-17-26(30-25-15-13-18-8-4-5-9-20(18)27(25)29-17)19-12-14-22-21-10-6-7-11-23(21)28(2,3)24(22)16-19/h4-16H,1-3H3. The summed E-state index contributed by atoms with van der Waals surface area (Å²) in [5.74, 6) is 0. The molecule has 1 aromatic heterocycles. The van der Waals surface area contributed by atoms with Crippen molar-refractivity contribution in [1.82, 2.24) is 9.97 Å². The van der Waals surface area contributed by atoms with Gasteiger partial charge in [0.25, 0.3) is 0 Å². The average molecular weight is 386 g/mol. The number of hydrogen-bond donors (Lipinski definition) is 0. The highest BCUT2D eigenvalue weighted by Crippen LogP contribution is 2.49. The summed E-state index contributed by atoms with van der Waals surface area (Å²) in [6.07, 6.45) is 0. The van der Waals surface area contributed by atoms with Crippen LogP contribution in [-0.2, 0) is 5.41 Å². The van der Waals surface area contributed by atoms with Crippen molar-refractivity contribution >= 4 is 21.8 Å². The van der Waals surface area contributed by atoms with E-state index in [0.29, 0.717) is 0 Å². The summed E-state index contributed by atoms with van der Waals surface area (Å²) in [4.78, 5) is 10.0.